The van der Waals surface area contributed by atoms with Gasteiger partial charge in [0.1, 0.15) is 29.1 Å². The SMILES string of the molecule is CCOC(=O)c1nc(-c2ccc(Cl)cc2Cl)n(-c2ccc(Br)cc2)c1C.CCOC(=O)c1nc(-c2ccc(Cl)cc2Cl)n(-c2ccc(Br)cc2)c1CBr.CCOC(=O)c1nc(-c2ccc(Cl)cc2Cl)n(-c2ccc(Br)cc2)c1CO.O=C(NN1CCCCC1)c1nc(-c2ccc(Cl)cc2Cl)n(-c2ccc(Br)cc2)c1CO.[N-]=[N+]=NCc1c(C(=O)NN2CCCCC2)nc(-c2ccc(Cl)cc2Cl)n1-c1ccc(Br)cc1. The van der Waals surface area contributed by atoms with E-state index in [1.165, 1.54) is 0 Å². The number of ether oxygens (including phenoxy) is 3. The topological polar surface area (TPSA) is 322 Å². The minimum Gasteiger partial charge on any atom is -0.461 e. The average molecular weight is 2530 g/mol. The Hall–Kier alpha value is -9.47. The van der Waals surface area contributed by atoms with Crippen LogP contribution < -0.4 is 10.9 Å². The number of benzene rings is 10. The lowest BCUT2D eigenvalue weighted by atomic mass is 10.2. The van der Waals surface area contributed by atoms with Gasteiger partial charge in [-0.05, 0) is 271 Å². The summed E-state index contributed by atoms with van der Waals surface area (Å²) in [5.74, 6) is 0.139. The number of hydrogen-bond acceptors (Lipinski definition) is 18. The lowest BCUT2D eigenvalue weighted by Crippen LogP contribution is -2.45. The largest absolute Gasteiger partial charge is 0.461 e. The molecule has 0 atom stereocenters. The van der Waals surface area contributed by atoms with Gasteiger partial charge in [0.25, 0.3) is 11.8 Å². The summed E-state index contributed by atoms with van der Waals surface area (Å²) in [6.07, 6.45) is 6.41. The molecule has 0 unspecified atom stereocenters. The molecule has 4 N–H and O–H groups in total. The molecule has 43 heteroatoms. The molecule has 746 valence electrons. The number of azide groups is 1. The van der Waals surface area contributed by atoms with Gasteiger partial charge in [-0.1, -0.05) is 230 Å². The molecule has 0 bridgehead atoms. The molecule has 7 heterocycles. The Balaban J connectivity index is 0.000000151. The fourth-order valence-corrected chi connectivity index (χ4v) is 19.8. The molecule has 15 aromatic rings. The van der Waals surface area contributed by atoms with E-state index in [0.29, 0.717) is 147 Å². The normalized spacial score (nSPS) is 12.4. The first-order valence-electron chi connectivity index (χ1n) is 44.3. The van der Waals surface area contributed by atoms with E-state index < -0.39 is 24.5 Å². The van der Waals surface area contributed by atoms with Gasteiger partial charge in [0.15, 0.2) is 28.5 Å². The molecule has 27 nitrogen and oxygen atoms in total. The maximum Gasteiger partial charge on any atom is 0.358 e. The van der Waals surface area contributed by atoms with Crippen molar-refractivity contribution in [2.75, 3.05) is 46.0 Å². The highest BCUT2D eigenvalue weighted by atomic mass is 79.9. The standard InChI is InChI=1S/C22H20BrCl2N7O.C22H21BrCl2N4O2.C19H14Br2Cl2N2O2.C19H15BrCl2N2O3.C19H15BrCl2N2O2/c23-14-4-7-16(8-5-14)32-19(13-27-30-26)20(22(33)29-31-10-2-1-3-11-31)28-21(32)17-9-6-15(24)12-18(17)25;23-14-4-7-16(8-5-14)29-19(13-30)20(22(31)27-28-10-2-1-3-11-28)26-21(29)17-9-6-15(24)12-18(17)25;1-2-27-19(26)17-16(10-20)25(13-6-3-11(21)4-7-13)18(24-17)14-8-5-12(22)9-15(14)23;1-2-27-19(26)17-16(10-25)24(13-6-3-11(20)4-7-13)18(23-17)14-8-5-12(21)9-15(14)22;1-3-26-19(25)17-11(2)24(14-7-4-12(20)5-8-14)18(23-17)15-9-6-13(21)10-16(15)22/h4-9,12H,1-3,10-11,13H2,(H,29,33);4-9,12,30H,1-3,10-11,13H2,(H,27,31);3-9H,2,10H2,1H3;3-9,25H,2,10H2,1H3;4-10H,3H2,1-2H3. The summed E-state index contributed by atoms with van der Waals surface area (Å²) in [6, 6.07) is 63.4. The van der Waals surface area contributed by atoms with Crippen LogP contribution in [0, 0.1) is 6.92 Å². The number of carbonyl (C=O) groups is 5. The van der Waals surface area contributed by atoms with Gasteiger partial charge in [-0.2, -0.15) is 0 Å². The number of amides is 2. The highest BCUT2D eigenvalue weighted by Gasteiger charge is 2.33. The molecule has 2 fully saturated rings. The molecular formula is C101H85Br6Cl10N17O10. The number of esters is 3. The van der Waals surface area contributed by atoms with Crippen molar-refractivity contribution in [3.8, 4) is 85.4 Å². The van der Waals surface area contributed by atoms with Crippen LogP contribution >= 0.6 is 212 Å². The number of aliphatic hydroxyl groups is 2. The molecular weight excluding hydrogens is 2450 g/mol. The maximum atomic E-state index is 13.3. The van der Waals surface area contributed by atoms with E-state index in [2.05, 4.69) is 141 Å². The summed E-state index contributed by atoms with van der Waals surface area (Å²) in [5.41, 5.74) is 25.3. The van der Waals surface area contributed by atoms with Crippen LogP contribution in [-0.2, 0) is 39.3 Å². The second kappa shape index (κ2) is 52.9. The molecule has 2 aliphatic heterocycles. The first-order chi connectivity index (χ1) is 69.3. The van der Waals surface area contributed by atoms with Gasteiger partial charge in [-0.3, -0.25) is 43.3 Å². The quantitative estimate of drug-likeness (QED) is 0.0103. The highest BCUT2D eigenvalue weighted by Crippen LogP contribution is 2.42. The fraction of sp³-hybridized carbons (Fsp3) is 0.208. The van der Waals surface area contributed by atoms with Crippen LogP contribution in [0.4, 0.5) is 0 Å². The highest BCUT2D eigenvalue weighted by molar-refractivity contribution is 9.11. The molecule has 144 heavy (non-hydrogen) atoms. The van der Waals surface area contributed by atoms with Crippen molar-refractivity contribution in [2.45, 2.75) is 91.3 Å². The van der Waals surface area contributed by atoms with E-state index in [1.807, 2.05) is 147 Å². The molecule has 0 saturated carbocycles. The minimum atomic E-state index is -0.608. The second-order valence-electron chi connectivity index (χ2n) is 31.4. The molecule has 2 saturated heterocycles. The molecule has 10 aromatic carbocycles. The van der Waals surface area contributed by atoms with Gasteiger partial charge >= 0.3 is 17.9 Å². The molecule has 0 aliphatic carbocycles. The fourth-order valence-electron chi connectivity index (χ4n) is 15.5. The summed E-state index contributed by atoms with van der Waals surface area (Å²) < 4.78 is 29.0. The summed E-state index contributed by atoms with van der Waals surface area (Å²) in [7, 11) is 0. The lowest BCUT2D eigenvalue weighted by molar-refractivity contribution is 0.0507. The van der Waals surface area contributed by atoms with Crippen molar-refractivity contribution in [3.05, 3.63) is 352 Å². The Kier molecular flexibility index (Phi) is 41.1. The van der Waals surface area contributed by atoms with E-state index in [0.717, 1.165) is 110 Å². The Labute approximate surface area is 929 Å². The molecule has 2 aliphatic rings. The Morgan fingerprint density at radius 3 is 0.875 bits per heavy atom. The molecule has 5 aromatic heterocycles. The Bertz CT molecular complexity index is 7070. The van der Waals surface area contributed by atoms with E-state index in [9.17, 15) is 34.2 Å². The zero-order chi connectivity index (χ0) is 103. The van der Waals surface area contributed by atoms with Crippen LogP contribution in [0.2, 0.25) is 50.2 Å². The Morgan fingerprint density at radius 1 is 0.354 bits per heavy atom. The van der Waals surface area contributed by atoms with Crippen molar-refractivity contribution in [3.63, 3.8) is 0 Å². The molecule has 0 radical (unpaired) electrons. The van der Waals surface area contributed by atoms with Crippen LogP contribution in [-0.4, -0.2) is 144 Å². The summed E-state index contributed by atoms with van der Waals surface area (Å²) in [4.78, 5) is 89.4. The van der Waals surface area contributed by atoms with Crippen LogP contribution in [0.1, 0.15) is 140 Å². The summed E-state index contributed by atoms with van der Waals surface area (Å²) in [5, 5.41) is 32.8. The van der Waals surface area contributed by atoms with Crippen LogP contribution in [0.25, 0.3) is 95.8 Å². The van der Waals surface area contributed by atoms with Gasteiger partial charge in [0.2, 0.25) is 0 Å². The van der Waals surface area contributed by atoms with Crippen molar-refractivity contribution in [1.82, 2.24) is 68.6 Å². The number of hydrazine groups is 2. The van der Waals surface area contributed by atoms with Crippen molar-refractivity contribution < 1.29 is 48.4 Å². The smallest absolute Gasteiger partial charge is 0.358 e. The van der Waals surface area contributed by atoms with Crippen LogP contribution in [0.5, 0.6) is 0 Å². The first kappa shape index (κ1) is 112. The molecule has 17 rings (SSSR count). The molecule has 0 spiro atoms. The van der Waals surface area contributed by atoms with E-state index in [-0.39, 0.29) is 73.3 Å². The number of aliphatic hydroxyl groups excluding tert-OH is 2. The van der Waals surface area contributed by atoms with Gasteiger partial charge in [0.05, 0.1) is 93.2 Å². The number of nitrogens with zero attached hydrogens (tertiary/aromatic N) is 15. The number of alkyl halides is 1. The van der Waals surface area contributed by atoms with Gasteiger partial charge in [-0.25, -0.2) is 49.3 Å². The Morgan fingerprint density at radius 2 is 0.597 bits per heavy atom. The maximum absolute atomic E-state index is 13.3. The molecule has 2 amide bonds. The monoisotopic (exact) mass is 2520 g/mol. The van der Waals surface area contributed by atoms with Crippen molar-refractivity contribution >= 4 is 241 Å². The number of halogens is 16. The number of rotatable bonds is 25. The number of imidazole rings is 5. The minimum absolute atomic E-state index is 0.0447. The zero-order valence-electron chi connectivity index (χ0n) is 76.6. The van der Waals surface area contributed by atoms with Crippen molar-refractivity contribution in [2.24, 2.45) is 5.11 Å². The van der Waals surface area contributed by atoms with E-state index in [4.69, 9.17) is 136 Å². The number of carbonyl (C=O) groups excluding carboxylic acids is 5. The average Bonchev–Trinajstić information content (AvgIpc) is 1.62. The van der Waals surface area contributed by atoms with Gasteiger partial charge in [-0.15, -0.1) is 0 Å². The predicted octanol–water partition coefficient (Wildman–Crippen LogP) is 29.8. The first-order valence-corrected chi connectivity index (χ1v) is 53.2. The summed E-state index contributed by atoms with van der Waals surface area (Å²) in [6.45, 7) is 10.1. The van der Waals surface area contributed by atoms with Crippen molar-refractivity contribution in [1.29, 1.82) is 0 Å². The summed E-state index contributed by atoms with van der Waals surface area (Å²) >= 11 is 83.0. The third-order valence-corrected chi connectivity index (χ3v) is 28.0. The van der Waals surface area contributed by atoms with Gasteiger partial charge < -0.3 is 24.4 Å². The predicted molar refractivity (Wildman–Crippen MR) is 589 cm³/mol. The van der Waals surface area contributed by atoms with E-state index in [1.54, 1.807) is 125 Å². The third-order valence-electron chi connectivity index (χ3n) is 22.1. The third kappa shape index (κ3) is 27.5. The zero-order valence-corrected chi connectivity index (χ0v) is 93.7. The lowest BCUT2D eigenvalue weighted by Gasteiger charge is -2.26. The number of hydrogen-bond donors (Lipinski definition) is 4. The van der Waals surface area contributed by atoms with E-state index >= 15 is 0 Å². The van der Waals surface area contributed by atoms with Crippen LogP contribution in [0.15, 0.2) is 240 Å². The second-order valence-corrected chi connectivity index (χ2v) is 40.8. The number of aromatic nitrogens is 10. The van der Waals surface area contributed by atoms with Crippen LogP contribution in [0.3, 0.4) is 0 Å². The number of nitrogens with one attached hydrogen (secondary N) is 2. The number of piperidine rings is 2. The van der Waals surface area contributed by atoms with Gasteiger partial charge in [0, 0.05) is 140 Å².